The fourth-order valence-electron chi connectivity index (χ4n) is 2.32. The Labute approximate surface area is 156 Å². The second kappa shape index (κ2) is 8.33. The van der Waals surface area contributed by atoms with Crippen molar-refractivity contribution in [3.8, 4) is 0 Å². The van der Waals surface area contributed by atoms with Crippen molar-refractivity contribution >= 4 is 39.0 Å². The molecule has 140 valence electrons. The van der Waals surface area contributed by atoms with Crippen LogP contribution in [0, 0.1) is 6.92 Å². The van der Waals surface area contributed by atoms with Gasteiger partial charge in [0.15, 0.2) is 0 Å². The van der Waals surface area contributed by atoms with Crippen molar-refractivity contribution in [3.63, 3.8) is 0 Å². The minimum Gasteiger partial charge on any atom is -0.469 e. The number of benzene rings is 1. The summed E-state index contributed by atoms with van der Waals surface area (Å²) in [6, 6.07) is 6.58. The minimum atomic E-state index is -3.80. The Hall–Kier alpha value is -2.39. The SMILES string of the molecule is COC(=O)Cc1cc(C)ccc1NS(=O)(=O)Cc1sccc1C(=O)OC. The van der Waals surface area contributed by atoms with E-state index in [9.17, 15) is 18.0 Å². The van der Waals surface area contributed by atoms with Crippen molar-refractivity contribution < 1.29 is 27.5 Å². The number of hydrogen-bond acceptors (Lipinski definition) is 7. The van der Waals surface area contributed by atoms with Crippen LogP contribution in [-0.2, 0) is 36.5 Å². The molecule has 0 saturated carbocycles. The number of aryl methyl sites for hydroxylation is 1. The molecule has 0 aliphatic carbocycles. The molecule has 0 aliphatic heterocycles. The van der Waals surface area contributed by atoms with Gasteiger partial charge in [0.05, 0.1) is 31.9 Å². The summed E-state index contributed by atoms with van der Waals surface area (Å²) in [5.41, 5.74) is 1.93. The number of hydrogen-bond donors (Lipinski definition) is 1. The first kappa shape index (κ1) is 19.9. The molecule has 0 aliphatic rings. The number of ether oxygens (including phenoxy) is 2. The maximum atomic E-state index is 12.6. The molecule has 0 atom stereocenters. The van der Waals surface area contributed by atoms with Crippen molar-refractivity contribution in [2.75, 3.05) is 18.9 Å². The molecule has 2 aromatic rings. The average Bonchev–Trinajstić information content (AvgIpc) is 3.03. The van der Waals surface area contributed by atoms with Crippen molar-refractivity contribution in [1.29, 1.82) is 0 Å². The first-order chi connectivity index (χ1) is 12.3. The second-order valence-corrected chi connectivity index (χ2v) is 8.25. The Kier molecular flexibility index (Phi) is 6.38. The number of anilines is 1. The largest absolute Gasteiger partial charge is 0.469 e. The van der Waals surface area contributed by atoms with Crippen LogP contribution in [0.3, 0.4) is 0 Å². The molecule has 0 amide bonds. The number of carbonyl (C=O) groups excluding carboxylic acids is 2. The first-order valence-corrected chi connectivity index (χ1v) is 10.1. The summed E-state index contributed by atoms with van der Waals surface area (Å²) >= 11 is 1.16. The summed E-state index contributed by atoms with van der Waals surface area (Å²) in [7, 11) is -1.29. The molecule has 1 heterocycles. The Bertz CT molecular complexity index is 917. The van der Waals surface area contributed by atoms with E-state index < -0.39 is 22.0 Å². The van der Waals surface area contributed by atoms with E-state index in [1.54, 1.807) is 23.6 Å². The smallest absolute Gasteiger partial charge is 0.339 e. The van der Waals surface area contributed by atoms with Gasteiger partial charge in [0.2, 0.25) is 10.0 Å². The molecule has 7 nitrogen and oxygen atoms in total. The summed E-state index contributed by atoms with van der Waals surface area (Å²) in [6.07, 6.45) is -0.0531. The number of carbonyl (C=O) groups is 2. The summed E-state index contributed by atoms with van der Waals surface area (Å²) < 4.78 is 36.9. The van der Waals surface area contributed by atoms with E-state index in [2.05, 4.69) is 14.2 Å². The molecule has 0 bridgehead atoms. The summed E-state index contributed by atoms with van der Waals surface area (Å²) in [5, 5.41) is 1.63. The van der Waals surface area contributed by atoms with Gasteiger partial charge in [0.25, 0.3) is 0 Å². The van der Waals surface area contributed by atoms with Gasteiger partial charge in [-0.1, -0.05) is 17.7 Å². The van der Waals surface area contributed by atoms with E-state index in [0.717, 1.165) is 16.9 Å². The Morgan fingerprint density at radius 3 is 2.54 bits per heavy atom. The zero-order valence-corrected chi connectivity index (χ0v) is 16.2. The minimum absolute atomic E-state index is 0.0531. The standard InChI is InChI=1S/C17H19NO6S2/c1-11-4-5-14(12(8-11)9-16(19)23-2)18-26(21,22)10-15-13(6-7-25-15)17(20)24-3/h4-8,18H,9-10H2,1-3H3. The molecule has 0 radical (unpaired) electrons. The Balaban J connectivity index is 2.26. The molecule has 1 aromatic heterocycles. The summed E-state index contributed by atoms with van der Waals surface area (Å²) in [6.45, 7) is 1.84. The molecule has 9 heteroatoms. The highest BCUT2D eigenvalue weighted by Gasteiger charge is 2.21. The summed E-state index contributed by atoms with van der Waals surface area (Å²) in [4.78, 5) is 23.7. The molecule has 0 unspecified atom stereocenters. The van der Waals surface area contributed by atoms with Gasteiger partial charge in [-0.25, -0.2) is 13.2 Å². The normalized spacial score (nSPS) is 11.0. The fourth-order valence-corrected chi connectivity index (χ4v) is 4.81. The van der Waals surface area contributed by atoms with Crippen molar-refractivity contribution in [3.05, 3.63) is 51.2 Å². The van der Waals surface area contributed by atoms with Crippen LogP contribution in [0.1, 0.15) is 26.4 Å². The second-order valence-electron chi connectivity index (χ2n) is 5.52. The maximum absolute atomic E-state index is 12.6. The van der Waals surface area contributed by atoms with Crippen LogP contribution in [0.4, 0.5) is 5.69 Å². The van der Waals surface area contributed by atoms with Crippen LogP contribution in [0.2, 0.25) is 0 Å². The van der Waals surface area contributed by atoms with Gasteiger partial charge < -0.3 is 9.47 Å². The van der Waals surface area contributed by atoms with E-state index in [-0.39, 0.29) is 17.7 Å². The zero-order chi connectivity index (χ0) is 19.3. The molecule has 26 heavy (non-hydrogen) atoms. The third kappa shape index (κ3) is 5.06. The number of rotatable bonds is 7. The number of esters is 2. The highest BCUT2D eigenvalue weighted by atomic mass is 32.2. The van der Waals surface area contributed by atoms with Crippen LogP contribution in [0.25, 0.3) is 0 Å². The van der Waals surface area contributed by atoms with Crippen LogP contribution < -0.4 is 4.72 Å². The van der Waals surface area contributed by atoms with Crippen molar-refractivity contribution in [2.24, 2.45) is 0 Å². The van der Waals surface area contributed by atoms with Gasteiger partial charge in [0.1, 0.15) is 5.75 Å². The fraction of sp³-hybridized carbons (Fsp3) is 0.294. The topological polar surface area (TPSA) is 98.8 Å². The van der Waals surface area contributed by atoms with Crippen LogP contribution in [0.15, 0.2) is 29.6 Å². The highest BCUT2D eigenvalue weighted by molar-refractivity contribution is 7.92. The van der Waals surface area contributed by atoms with Gasteiger partial charge in [-0.15, -0.1) is 11.3 Å². The van der Waals surface area contributed by atoms with Crippen LogP contribution >= 0.6 is 11.3 Å². The van der Waals surface area contributed by atoms with Gasteiger partial charge in [-0.05, 0) is 30.0 Å². The predicted molar refractivity (Wildman–Crippen MR) is 98.8 cm³/mol. The van der Waals surface area contributed by atoms with E-state index in [0.29, 0.717) is 16.1 Å². The predicted octanol–water partition coefficient (Wildman–Crippen LogP) is 2.50. The van der Waals surface area contributed by atoms with Gasteiger partial charge in [-0.2, -0.15) is 0 Å². The maximum Gasteiger partial charge on any atom is 0.339 e. The van der Waals surface area contributed by atoms with E-state index in [1.165, 1.54) is 20.3 Å². The lowest BCUT2D eigenvalue weighted by Gasteiger charge is -2.13. The quantitative estimate of drug-likeness (QED) is 0.721. The number of nitrogens with one attached hydrogen (secondary N) is 1. The average molecular weight is 397 g/mol. The van der Waals surface area contributed by atoms with Crippen LogP contribution in [-0.4, -0.2) is 34.6 Å². The first-order valence-electron chi connectivity index (χ1n) is 7.57. The molecule has 1 aromatic carbocycles. The Morgan fingerprint density at radius 1 is 1.15 bits per heavy atom. The molecule has 0 fully saturated rings. The van der Waals surface area contributed by atoms with Crippen molar-refractivity contribution in [2.45, 2.75) is 19.1 Å². The monoisotopic (exact) mass is 397 g/mol. The number of thiophene rings is 1. The number of sulfonamides is 1. The highest BCUT2D eigenvalue weighted by Crippen LogP contribution is 2.24. The van der Waals surface area contributed by atoms with Gasteiger partial charge >= 0.3 is 11.9 Å². The van der Waals surface area contributed by atoms with E-state index in [1.807, 2.05) is 6.92 Å². The molecule has 2 rings (SSSR count). The third-order valence-corrected chi connectivity index (χ3v) is 5.86. The van der Waals surface area contributed by atoms with E-state index in [4.69, 9.17) is 0 Å². The molecule has 0 saturated heterocycles. The molecular weight excluding hydrogens is 378 g/mol. The van der Waals surface area contributed by atoms with E-state index >= 15 is 0 Å². The van der Waals surface area contributed by atoms with Crippen LogP contribution in [0.5, 0.6) is 0 Å². The molecular formula is C17H19NO6S2. The lowest BCUT2D eigenvalue weighted by atomic mass is 10.1. The molecule has 0 spiro atoms. The number of methoxy groups -OCH3 is 2. The third-order valence-electron chi connectivity index (χ3n) is 3.56. The molecule has 1 N–H and O–H groups in total. The van der Waals surface area contributed by atoms with Crippen molar-refractivity contribution in [1.82, 2.24) is 0 Å². The van der Waals surface area contributed by atoms with Gasteiger partial charge in [-0.3, -0.25) is 9.52 Å². The lowest BCUT2D eigenvalue weighted by molar-refractivity contribution is -0.139. The lowest BCUT2D eigenvalue weighted by Crippen LogP contribution is -2.18. The summed E-state index contributed by atoms with van der Waals surface area (Å²) in [5.74, 6) is -1.43. The zero-order valence-electron chi connectivity index (χ0n) is 14.6. The van der Waals surface area contributed by atoms with Gasteiger partial charge in [0, 0.05) is 4.88 Å². The Morgan fingerprint density at radius 2 is 1.88 bits per heavy atom.